The molecule has 25 heavy (non-hydrogen) atoms. The lowest BCUT2D eigenvalue weighted by atomic mass is 10.1. The van der Waals surface area contributed by atoms with Crippen molar-refractivity contribution in [3.63, 3.8) is 0 Å². The molecule has 7 nitrogen and oxygen atoms in total. The maximum absolute atomic E-state index is 12.0. The number of hydrogen-bond acceptors (Lipinski definition) is 4. The van der Waals surface area contributed by atoms with E-state index in [9.17, 15) is 4.79 Å². The lowest BCUT2D eigenvalue weighted by Gasteiger charge is -2.23. The van der Waals surface area contributed by atoms with Crippen LogP contribution in [0.3, 0.4) is 0 Å². The second-order valence-corrected chi connectivity index (χ2v) is 6.18. The Kier molecular flexibility index (Phi) is 6.82. The van der Waals surface area contributed by atoms with Gasteiger partial charge in [-0.3, -0.25) is 4.68 Å². The van der Waals surface area contributed by atoms with Crippen LogP contribution in [0.2, 0.25) is 0 Å². The highest BCUT2D eigenvalue weighted by Crippen LogP contribution is 2.16. The van der Waals surface area contributed by atoms with Crippen LogP contribution in [0.25, 0.3) is 0 Å². The van der Waals surface area contributed by atoms with E-state index < -0.39 is 0 Å². The van der Waals surface area contributed by atoms with E-state index in [1.165, 1.54) is 0 Å². The number of aryl methyl sites for hydroxylation is 2. The molecule has 0 aliphatic rings. The lowest BCUT2D eigenvalue weighted by Crippen LogP contribution is -2.41. The topological polar surface area (TPSA) is 71.4 Å². The van der Waals surface area contributed by atoms with Crippen LogP contribution >= 0.6 is 0 Å². The number of carbonyl (C=O) groups is 1. The van der Waals surface area contributed by atoms with Crippen molar-refractivity contribution in [3.05, 3.63) is 47.8 Å². The zero-order valence-electron chi connectivity index (χ0n) is 15.3. The number of rotatable bonds is 8. The number of urea groups is 1. The van der Waals surface area contributed by atoms with Crippen molar-refractivity contribution in [2.24, 2.45) is 7.05 Å². The number of hydrogen-bond donors (Lipinski definition) is 2. The SMILES string of the molecule is Cc1ccccc1OCCNC(=O)NC[C@@H](c1cnn(C)c1)N(C)C. The summed E-state index contributed by atoms with van der Waals surface area (Å²) < 4.78 is 7.42. The zero-order valence-corrected chi connectivity index (χ0v) is 15.3. The molecule has 0 fully saturated rings. The molecular formula is C18H27N5O2. The van der Waals surface area contributed by atoms with Gasteiger partial charge in [0.15, 0.2) is 0 Å². The van der Waals surface area contributed by atoms with Crippen molar-refractivity contribution < 1.29 is 9.53 Å². The Morgan fingerprint density at radius 3 is 2.72 bits per heavy atom. The predicted octanol–water partition coefficient (Wildman–Crippen LogP) is 1.71. The summed E-state index contributed by atoms with van der Waals surface area (Å²) in [6, 6.07) is 7.69. The Morgan fingerprint density at radius 2 is 2.08 bits per heavy atom. The normalized spacial score (nSPS) is 12.0. The highest BCUT2D eigenvalue weighted by molar-refractivity contribution is 5.73. The molecule has 1 heterocycles. The van der Waals surface area contributed by atoms with Gasteiger partial charge in [-0.25, -0.2) is 4.79 Å². The molecule has 2 rings (SSSR count). The number of ether oxygens (including phenoxy) is 1. The first-order valence-electron chi connectivity index (χ1n) is 8.32. The van der Waals surface area contributed by atoms with Gasteiger partial charge in [0.05, 0.1) is 18.8 Å². The monoisotopic (exact) mass is 345 g/mol. The lowest BCUT2D eigenvalue weighted by molar-refractivity contribution is 0.229. The third-order valence-electron chi connectivity index (χ3n) is 3.93. The molecule has 0 aliphatic carbocycles. The summed E-state index contributed by atoms with van der Waals surface area (Å²) >= 11 is 0. The molecule has 0 bridgehead atoms. The first kappa shape index (κ1) is 18.8. The van der Waals surface area contributed by atoms with E-state index in [4.69, 9.17) is 4.74 Å². The van der Waals surface area contributed by atoms with Crippen LogP contribution < -0.4 is 15.4 Å². The van der Waals surface area contributed by atoms with Gasteiger partial charge in [-0.15, -0.1) is 0 Å². The fraction of sp³-hybridized carbons (Fsp3) is 0.444. The van der Waals surface area contributed by atoms with E-state index in [-0.39, 0.29) is 12.1 Å². The average molecular weight is 345 g/mol. The summed E-state index contributed by atoms with van der Waals surface area (Å²) in [5.41, 5.74) is 2.15. The fourth-order valence-corrected chi connectivity index (χ4v) is 2.51. The van der Waals surface area contributed by atoms with Crippen molar-refractivity contribution in [2.75, 3.05) is 33.8 Å². The Balaban J connectivity index is 1.71. The summed E-state index contributed by atoms with van der Waals surface area (Å²) in [6.07, 6.45) is 3.78. The van der Waals surface area contributed by atoms with Gasteiger partial charge < -0.3 is 20.3 Å². The van der Waals surface area contributed by atoms with Gasteiger partial charge in [0, 0.05) is 25.4 Å². The summed E-state index contributed by atoms with van der Waals surface area (Å²) in [5, 5.41) is 9.90. The standard InChI is InChI=1S/C18H27N5O2/c1-14-7-5-6-8-17(14)25-10-9-19-18(24)20-12-16(22(2)3)15-11-21-23(4)13-15/h5-8,11,13,16H,9-10,12H2,1-4H3,(H2,19,20,24)/t16-/m0/s1. The van der Waals surface area contributed by atoms with E-state index in [0.717, 1.165) is 16.9 Å². The summed E-state index contributed by atoms with van der Waals surface area (Å²) in [5.74, 6) is 0.842. The maximum Gasteiger partial charge on any atom is 0.314 e. The first-order valence-corrected chi connectivity index (χ1v) is 8.32. The first-order chi connectivity index (χ1) is 12.0. The van der Waals surface area contributed by atoms with Crippen LogP contribution in [0.15, 0.2) is 36.7 Å². The highest BCUT2D eigenvalue weighted by atomic mass is 16.5. The summed E-state index contributed by atoms with van der Waals surface area (Å²) in [4.78, 5) is 14.0. The molecule has 0 saturated heterocycles. The third-order valence-corrected chi connectivity index (χ3v) is 3.93. The molecule has 0 unspecified atom stereocenters. The van der Waals surface area contributed by atoms with E-state index in [2.05, 4.69) is 20.6 Å². The number of amides is 2. The molecule has 136 valence electrons. The highest BCUT2D eigenvalue weighted by Gasteiger charge is 2.16. The number of carbonyl (C=O) groups excluding carboxylic acids is 1. The number of para-hydroxylation sites is 1. The van der Waals surface area contributed by atoms with E-state index in [0.29, 0.717) is 19.7 Å². The Morgan fingerprint density at radius 1 is 1.32 bits per heavy atom. The van der Waals surface area contributed by atoms with Gasteiger partial charge in [0.2, 0.25) is 0 Å². The minimum absolute atomic E-state index is 0.0719. The number of likely N-dealkylation sites (N-methyl/N-ethyl adjacent to an activating group) is 1. The smallest absolute Gasteiger partial charge is 0.314 e. The molecule has 1 atom stereocenters. The quantitative estimate of drug-likeness (QED) is 0.715. The van der Waals surface area contributed by atoms with Crippen LogP contribution in [-0.2, 0) is 7.05 Å². The fourth-order valence-electron chi connectivity index (χ4n) is 2.51. The molecule has 0 saturated carbocycles. The molecule has 0 spiro atoms. The van der Waals surface area contributed by atoms with Crippen molar-refractivity contribution >= 4 is 6.03 Å². The van der Waals surface area contributed by atoms with Gasteiger partial charge in [0.1, 0.15) is 12.4 Å². The molecular weight excluding hydrogens is 318 g/mol. The maximum atomic E-state index is 12.0. The third kappa shape index (κ3) is 5.79. The molecule has 0 radical (unpaired) electrons. The molecule has 2 aromatic rings. The molecule has 0 aliphatic heterocycles. The summed E-state index contributed by atoms with van der Waals surface area (Å²) in [7, 11) is 5.84. The average Bonchev–Trinajstić information content (AvgIpc) is 2.99. The van der Waals surface area contributed by atoms with Crippen LogP contribution in [0.1, 0.15) is 17.2 Å². The van der Waals surface area contributed by atoms with Gasteiger partial charge in [0.25, 0.3) is 0 Å². The number of benzene rings is 1. The number of nitrogens with zero attached hydrogens (tertiary/aromatic N) is 3. The Labute approximate surface area is 149 Å². The minimum atomic E-state index is -0.205. The van der Waals surface area contributed by atoms with Gasteiger partial charge in [-0.1, -0.05) is 18.2 Å². The van der Waals surface area contributed by atoms with E-state index >= 15 is 0 Å². The molecule has 2 N–H and O–H groups in total. The summed E-state index contributed by atoms with van der Waals surface area (Å²) in [6.45, 7) is 3.37. The molecule has 1 aromatic heterocycles. The molecule has 1 aromatic carbocycles. The van der Waals surface area contributed by atoms with Crippen LogP contribution in [0, 0.1) is 6.92 Å². The second-order valence-electron chi connectivity index (χ2n) is 6.18. The van der Waals surface area contributed by atoms with Crippen LogP contribution in [-0.4, -0.2) is 54.5 Å². The van der Waals surface area contributed by atoms with Gasteiger partial charge >= 0.3 is 6.03 Å². The van der Waals surface area contributed by atoms with Crippen LogP contribution in [0.4, 0.5) is 4.79 Å². The Hall–Kier alpha value is -2.54. The zero-order chi connectivity index (χ0) is 18.2. The van der Waals surface area contributed by atoms with Crippen molar-refractivity contribution in [2.45, 2.75) is 13.0 Å². The molecule has 2 amide bonds. The largest absolute Gasteiger partial charge is 0.491 e. The Bertz CT molecular complexity index is 684. The van der Waals surface area contributed by atoms with Gasteiger partial charge in [-0.2, -0.15) is 5.10 Å². The number of nitrogens with one attached hydrogen (secondary N) is 2. The second kappa shape index (κ2) is 9.08. The van der Waals surface area contributed by atoms with Crippen molar-refractivity contribution in [3.8, 4) is 5.75 Å². The van der Waals surface area contributed by atoms with Crippen molar-refractivity contribution in [1.29, 1.82) is 0 Å². The van der Waals surface area contributed by atoms with E-state index in [1.807, 2.05) is 64.7 Å². The van der Waals surface area contributed by atoms with Crippen LogP contribution in [0.5, 0.6) is 5.75 Å². The molecule has 7 heteroatoms. The predicted molar refractivity (Wildman–Crippen MR) is 97.7 cm³/mol. The van der Waals surface area contributed by atoms with Gasteiger partial charge in [-0.05, 0) is 32.6 Å². The minimum Gasteiger partial charge on any atom is -0.491 e. The van der Waals surface area contributed by atoms with E-state index in [1.54, 1.807) is 4.68 Å². The van der Waals surface area contributed by atoms with Crippen molar-refractivity contribution in [1.82, 2.24) is 25.3 Å². The number of aromatic nitrogens is 2.